The first-order valence-electron chi connectivity index (χ1n) is 6.13. The van der Waals surface area contributed by atoms with Gasteiger partial charge in [0.05, 0.1) is 12.8 Å². The summed E-state index contributed by atoms with van der Waals surface area (Å²) in [7, 11) is 1.84. The maximum Gasteiger partial charge on any atom is 0.185 e. The number of ether oxygens (including phenoxy) is 1. The SMILES string of the molecule is CCOc1ccc(C(=O)/C=C/c2cnn(C)c2)cc1. The van der Waals surface area contributed by atoms with E-state index in [1.165, 1.54) is 0 Å². The predicted octanol–water partition coefficient (Wildman–Crippen LogP) is 2.71. The van der Waals surface area contributed by atoms with Crippen LogP contribution in [-0.2, 0) is 7.05 Å². The van der Waals surface area contributed by atoms with Gasteiger partial charge in [0, 0.05) is 24.4 Å². The van der Waals surface area contributed by atoms with Crippen LogP contribution in [0.2, 0.25) is 0 Å². The van der Waals surface area contributed by atoms with Crippen LogP contribution in [-0.4, -0.2) is 22.2 Å². The van der Waals surface area contributed by atoms with Crippen molar-refractivity contribution in [3.05, 3.63) is 53.9 Å². The molecule has 4 heteroatoms. The molecule has 0 aliphatic heterocycles. The molecule has 0 atom stereocenters. The van der Waals surface area contributed by atoms with E-state index in [9.17, 15) is 4.79 Å². The molecular weight excluding hydrogens is 240 g/mol. The highest BCUT2D eigenvalue weighted by Gasteiger charge is 2.02. The fraction of sp³-hybridized carbons (Fsp3) is 0.200. The van der Waals surface area contributed by atoms with Crippen LogP contribution in [0.5, 0.6) is 5.75 Å². The Balaban J connectivity index is 2.05. The fourth-order valence-electron chi connectivity index (χ4n) is 1.68. The van der Waals surface area contributed by atoms with Crippen molar-refractivity contribution in [3.63, 3.8) is 0 Å². The maximum absolute atomic E-state index is 11.9. The van der Waals surface area contributed by atoms with E-state index < -0.39 is 0 Å². The Morgan fingerprint density at radius 3 is 2.68 bits per heavy atom. The lowest BCUT2D eigenvalue weighted by atomic mass is 10.1. The number of aromatic nitrogens is 2. The monoisotopic (exact) mass is 256 g/mol. The minimum atomic E-state index is -0.0353. The molecule has 0 unspecified atom stereocenters. The molecule has 2 aromatic rings. The molecule has 0 aliphatic carbocycles. The first kappa shape index (κ1) is 13.1. The van der Waals surface area contributed by atoms with Crippen molar-refractivity contribution in [1.29, 1.82) is 0 Å². The number of carbonyl (C=O) groups is 1. The number of benzene rings is 1. The second kappa shape index (κ2) is 6.00. The molecule has 0 bridgehead atoms. The normalized spacial score (nSPS) is 10.8. The van der Waals surface area contributed by atoms with Crippen LogP contribution in [0.1, 0.15) is 22.8 Å². The molecular formula is C15H16N2O2. The van der Waals surface area contributed by atoms with Gasteiger partial charge < -0.3 is 4.74 Å². The smallest absolute Gasteiger partial charge is 0.185 e. The van der Waals surface area contributed by atoms with E-state index in [-0.39, 0.29) is 5.78 Å². The Hall–Kier alpha value is -2.36. The van der Waals surface area contributed by atoms with Gasteiger partial charge in [-0.15, -0.1) is 0 Å². The van der Waals surface area contributed by atoms with Crippen molar-refractivity contribution >= 4 is 11.9 Å². The second-order valence-corrected chi connectivity index (χ2v) is 4.10. The van der Waals surface area contributed by atoms with Crippen LogP contribution in [0.15, 0.2) is 42.7 Å². The van der Waals surface area contributed by atoms with Gasteiger partial charge in [0.1, 0.15) is 5.75 Å². The molecule has 2 rings (SSSR count). The molecule has 1 aromatic heterocycles. The summed E-state index contributed by atoms with van der Waals surface area (Å²) in [5, 5.41) is 4.04. The molecule has 0 saturated heterocycles. The number of hydrogen-bond donors (Lipinski definition) is 0. The van der Waals surface area contributed by atoms with Crippen molar-refractivity contribution in [3.8, 4) is 5.75 Å². The van der Waals surface area contributed by atoms with E-state index in [0.717, 1.165) is 11.3 Å². The summed E-state index contributed by atoms with van der Waals surface area (Å²) in [5.74, 6) is 0.738. The second-order valence-electron chi connectivity index (χ2n) is 4.10. The van der Waals surface area contributed by atoms with E-state index >= 15 is 0 Å². The van der Waals surface area contributed by atoms with Crippen molar-refractivity contribution in [2.24, 2.45) is 7.05 Å². The van der Waals surface area contributed by atoms with Gasteiger partial charge in [-0.1, -0.05) is 0 Å². The predicted molar refractivity (Wildman–Crippen MR) is 74.2 cm³/mol. The molecule has 4 nitrogen and oxygen atoms in total. The Bertz CT molecular complexity index is 582. The van der Waals surface area contributed by atoms with Crippen molar-refractivity contribution in [1.82, 2.24) is 9.78 Å². The molecule has 0 spiro atoms. The van der Waals surface area contributed by atoms with Crippen LogP contribution >= 0.6 is 0 Å². The summed E-state index contributed by atoms with van der Waals surface area (Å²) in [5.41, 5.74) is 1.55. The fourth-order valence-corrected chi connectivity index (χ4v) is 1.68. The Labute approximate surface area is 112 Å². The standard InChI is InChI=1S/C15H16N2O2/c1-3-19-14-7-5-13(6-8-14)15(18)9-4-12-10-16-17(2)11-12/h4-11H,3H2,1-2H3/b9-4+. The number of aryl methyl sites for hydroxylation is 1. The lowest BCUT2D eigenvalue weighted by Crippen LogP contribution is -1.95. The van der Waals surface area contributed by atoms with Crippen molar-refractivity contribution in [2.75, 3.05) is 6.61 Å². The Morgan fingerprint density at radius 2 is 2.11 bits per heavy atom. The number of carbonyl (C=O) groups excluding carboxylic acids is 1. The third kappa shape index (κ3) is 3.55. The van der Waals surface area contributed by atoms with E-state index in [1.54, 1.807) is 47.3 Å². The summed E-state index contributed by atoms with van der Waals surface area (Å²) in [6, 6.07) is 7.13. The first-order valence-corrected chi connectivity index (χ1v) is 6.13. The number of allylic oxidation sites excluding steroid dienone is 1. The Kier molecular flexibility index (Phi) is 4.13. The highest BCUT2D eigenvalue weighted by Crippen LogP contribution is 2.13. The molecule has 0 aliphatic rings. The van der Waals surface area contributed by atoms with Crippen LogP contribution in [0.3, 0.4) is 0 Å². The number of hydrogen-bond acceptors (Lipinski definition) is 3. The molecule has 1 aromatic carbocycles. The van der Waals surface area contributed by atoms with E-state index in [1.807, 2.05) is 20.2 Å². The zero-order chi connectivity index (χ0) is 13.7. The molecule has 19 heavy (non-hydrogen) atoms. The van der Waals surface area contributed by atoms with Gasteiger partial charge in [0.2, 0.25) is 0 Å². The van der Waals surface area contributed by atoms with Crippen molar-refractivity contribution < 1.29 is 9.53 Å². The molecule has 0 saturated carbocycles. The molecule has 98 valence electrons. The van der Waals surface area contributed by atoms with Gasteiger partial charge in [-0.3, -0.25) is 9.48 Å². The van der Waals surface area contributed by atoms with Crippen LogP contribution < -0.4 is 4.74 Å². The summed E-state index contributed by atoms with van der Waals surface area (Å²) in [4.78, 5) is 11.9. The number of rotatable bonds is 5. The highest BCUT2D eigenvalue weighted by molar-refractivity contribution is 6.06. The van der Waals surface area contributed by atoms with E-state index in [2.05, 4.69) is 5.10 Å². The van der Waals surface area contributed by atoms with Crippen LogP contribution in [0.4, 0.5) is 0 Å². The molecule has 1 heterocycles. The highest BCUT2D eigenvalue weighted by atomic mass is 16.5. The minimum absolute atomic E-state index is 0.0353. The number of nitrogens with zero attached hydrogens (tertiary/aromatic N) is 2. The lowest BCUT2D eigenvalue weighted by Gasteiger charge is -2.02. The van der Waals surface area contributed by atoms with Gasteiger partial charge >= 0.3 is 0 Å². The van der Waals surface area contributed by atoms with Gasteiger partial charge in [-0.25, -0.2) is 0 Å². The zero-order valence-electron chi connectivity index (χ0n) is 11.0. The van der Waals surface area contributed by atoms with E-state index in [0.29, 0.717) is 12.2 Å². The van der Waals surface area contributed by atoms with Crippen LogP contribution in [0.25, 0.3) is 6.08 Å². The quantitative estimate of drug-likeness (QED) is 0.610. The van der Waals surface area contributed by atoms with Crippen molar-refractivity contribution in [2.45, 2.75) is 6.92 Å². The van der Waals surface area contributed by atoms with Gasteiger partial charge in [-0.2, -0.15) is 5.10 Å². The molecule has 0 N–H and O–H groups in total. The third-order valence-corrected chi connectivity index (χ3v) is 2.60. The zero-order valence-corrected chi connectivity index (χ0v) is 11.0. The summed E-state index contributed by atoms with van der Waals surface area (Å²) < 4.78 is 7.03. The summed E-state index contributed by atoms with van der Waals surface area (Å²) in [6.07, 6.45) is 6.86. The summed E-state index contributed by atoms with van der Waals surface area (Å²) in [6.45, 7) is 2.55. The van der Waals surface area contributed by atoms with Gasteiger partial charge in [0.25, 0.3) is 0 Å². The Morgan fingerprint density at radius 1 is 1.37 bits per heavy atom. The third-order valence-electron chi connectivity index (χ3n) is 2.60. The lowest BCUT2D eigenvalue weighted by molar-refractivity contribution is 0.104. The molecule has 0 radical (unpaired) electrons. The minimum Gasteiger partial charge on any atom is -0.494 e. The summed E-state index contributed by atoms with van der Waals surface area (Å²) >= 11 is 0. The van der Waals surface area contributed by atoms with Crippen LogP contribution in [0, 0.1) is 0 Å². The first-order chi connectivity index (χ1) is 9.19. The average molecular weight is 256 g/mol. The maximum atomic E-state index is 11.9. The van der Waals surface area contributed by atoms with E-state index in [4.69, 9.17) is 4.74 Å². The van der Waals surface area contributed by atoms with Gasteiger partial charge in [0.15, 0.2) is 5.78 Å². The number of ketones is 1. The largest absolute Gasteiger partial charge is 0.494 e. The molecule has 0 amide bonds. The average Bonchev–Trinajstić information content (AvgIpc) is 2.83. The van der Waals surface area contributed by atoms with Gasteiger partial charge in [-0.05, 0) is 43.3 Å². The topological polar surface area (TPSA) is 44.1 Å². The molecule has 0 fully saturated rings.